The van der Waals surface area contributed by atoms with E-state index < -0.39 is 72.1 Å². The van der Waals surface area contributed by atoms with Crippen molar-refractivity contribution < 1.29 is 70.6 Å². The number of amides is 2. The second kappa shape index (κ2) is 20.8. The molecule has 1 aromatic carbocycles. The molecule has 2 amide bonds. The average Bonchev–Trinajstić information content (AvgIpc) is 3.47. The molecule has 54 heavy (non-hydrogen) atoms. The van der Waals surface area contributed by atoms with Gasteiger partial charge in [-0.15, -0.1) is 4.89 Å². The van der Waals surface area contributed by atoms with Crippen LogP contribution in [0.2, 0.25) is 0 Å². The number of rotatable bonds is 22. The van der Waals surface area contributed by atoms with Crippen molar-refractivity contribution in [2.45, 2.75) is 69.6 Å². The number of nitrogens with zero attached hydrogens (tertiary/aromatic N) is 1. The molecule has 0 aliphatic carbocycles. The largest absolute Gasteiger partial charge is 0.705 e. The number of hydrogen-bond donors (Lipinski definition) is 8. The Hall–Kier alpha value is -2.24. The van der Waals surface area contributed by atoms with Crippen LogP contribution in [0.1, 0.15) is 61.7 Å². The van der Waals surface area contributed by atoms with Crippen molar-refractivity contribution in [2.24, 2.45) is 0 Å². The Morgan fingerprint density at radius 1 is 1.13 bits per heavy atom. The van der Waals surface area contributed by atoms with Gasteiger partial charge in [0.1, 0.15) is 18.3 Å². The molecule has 1 aliphatic rings. The second-order valence-electron chi connectivity index (χ2n) is 12.2. The Bertz CT molecular complexity index is 1830. The van der Waals surface area contributed by atoms with Crippen LogP contribution in [0.25, 0.3) is 0 Å². The van der Waals surface area contributed by atoms with E-state index in [-0.39, 0.29) is 41.6 Å². The molecule has 2 heterocycles. The first-order valence-electron chi connectivity index (χ1n) is 15.9. The van der Waals surface area contributed by atoms with Crippen LogP contribution >= 0.6 is 45.5 Å². The van der Waals surface area contributed by atoms with Gasteiger partial charge in [0.25, 0.3) is 11.5 Å². The highest BCUT2D eigenvalue weighted by atomic mass is 33.1. The number of aryl methyl sites for hydroxylation is 1. The van der Waals surface area contributed by atoms with Gasteiger partial charge in [0.2, 0.25) is 5.91 Å². The molecule has 27 heteroatoms. The summed E-state index contributed by atoms with van der Waals surface area (Å²) in [5.74, 6) is -0.484. The third-order valence-corrected chi connectivity index (χ3v) is 13.8. The summed E-state index contributed by atoms with van der Waals surface area (Å²) in [7, 11) is -13.5. The molecule has 0 bridgehead atoms. The molecule has 1 aliphatic heterocycles. The number of aromatic amines is 1. The maximum atomic E-state index is 12.5. The van der Waals surface area contributed by atoms with Gasteiger partial charge in [0.15, 0.2) is 0 Å². The number of phosphoric ester groups is 1. The number of carbonyl (C=O) groups is 2. The van der Waals surface area contributed by atoms with E-state index in [0.29, 0.717) is 31.5 Å². The van der Waals surface area contributed by atoms with Gasteiger partial charge in [-0.3, -0.25) is 33.4 Å². The summed E-state index contributed by atoms with van der Waals surface area (Å²) in [6.07, 6.45) is -0.514. The van der Waals surface area contributed by atoms with Crippen LogP contribution in [0.5, 0.6) is 0 Å². The minimum absolute atomic E-state index is 0.000312. The monoisotopic (exact) mass is 861 g/mol. The van der Waals surface area contributed by atoms with Gasteiger partial charge in [-0.05, 0) is 55.5 Å². The summed E-state index contributed by atoms with van der Waals surface area (Å²) >= 11 is 0. The minimum Gasteiger partial charge on any atom is -0.423 e. The zero-order valence-corrected chi connectivity index (χ0v) is 33.4. The highest BCUT2D eigenvalue weighted by Crippen LogP contribution is 2.63. The van der Waals surface area contributed by atoms with Gasteiger partial charge in [-0.25, -0.2) is 13.9 Å². The van der Waals surface area contributed by atoms with Crippen LogP contribution in [0.4, 0.5) is 0 Å². The van der Waals surface area contributed by atoms with E-state index in [2.05, 4.69) is 24.2 Å². The molecule has 1 fully saturated rings. The number of H-pyrrole nitrogens is 1. The third-order valence-electron chi connectivity index (χ3n) is 7.33. The van der Waals surface area contributed by atoms with Crippen LogP contribution in [0, 0.1) is 6.92 Å². The number of carbonyl (C=O) groups excluding carboxylic acids is 2. The number of ether oxygens (including phenoxy) is 2. The Morgan fingerprint density at radius 3 is 2.46 bits per heavy atom. The summed E-state index contributed by atoms with van der Waals surface area (Å²) in [5, 5.41) is 23.9. The van der Waals surface area contributed by atoms with E-state index in [0.717, 1.165) is 4.57 Å². The first-order chi connectivity index (χ1) is 25.2. The zero-order chi connectivity index (χ0) is 40.3. The Labute approximate surface area is 317 Å². The lowest BCUT2D eigenvalue weighted by molar-refractivity contribution is -0.121. The number of nitrogens with one attached hydrogen (secondary N) is 3. The van der Waals surface area contributed by atoms with Gasteiger partial charge in [0.05, 0.1) is 12.7 Å². The number of hydrogen-bond acceptors (Lipinski definition) is 16. The SMILES string of the molecule is Cc1cn([C@H]2C[C@@H](OCSSC(C)(C)CNC(=O)CCCCNC(=O)c3ccc(B(O)O)cc3)[C@@H](COP(=O)(O)OP(=O)(O)O[P+](=O)O)O2)c(=O)[nH]c1=O. The lowest BCUT2D eigenvalue weighted by Gasteiger charge is -2.24. The van der Waals surface area contributed by atoms with E-state index in [9.17, 15) is 42.7 Å². The fourth-order valence-electron chi connectivity index (χ4n) is 4.67. The molecule has 300 valence electrons. The van der Waals surface area contributed by atoms with Crippen LogP contribution in [0.15, 0.2) is 40.1 Å². The summed E-state index contributed by atoms with van der Waals surface area (Å²) < 4.78 is 59.6. The summed E-state index contributed by atoms with van der Waals surface area (Å²) in [6, 6.07) is 5.84. The fourth-order valence-corrected chi connectivity index (χ4v) is 9.50. The van der Waals surface area contributed by atoms with Crippen LogP contribution in [-0.2, 0) is 41.1 Å². The maximum absolute atomic E-state index is 12.5. The molecule has 3 rings (SSSR count). The van der Waals surface area contributed by atoms with Crippen molar-refractivity contribution in [1.82, 2.24) is 20.2 Å². The molecule has 8 N–H and O–H groups in total. The Balaban J connectivity index is 1.45. The third kappa shape index (κ3) is 15.7. The second-order valence-corrected chi connectivity index (χ2v) is 19.1. The highest BCUT2D eigenvalue weighted by molar-refractivity contribution is 8.77. The number of benzene rings is 1. The van der Waals surface area contributed by atoms with Crippen molar-refractivity contribution in [3.63, 3.8) is 0 Å². The zero-order valence-electron chi connectivity index (χ0n) is 29.1. The molecule has 0 radical (unpaired) electrons. The predicted octanol–water partition coefficient (Wildman–Crippen LogP) is 0.932. The molecule has 1 aromatic heterocycles. The Morgan fingerprint density at radius 2 is 1.81 bits per heavy atom. The van der Waals surface area contributed by atoms with Crippen molar-refractivity contribution in [2.75, 3.05) is 25.6 Å². The van der Waals surface area contributed by atoms with E-state index in [1.54, 1.807) is 0 Å². The summed E-state index contributed by atoms with van der Waals surface area (Å²) in [4.78, 5) is 79.2. The number of aromatic nitrogens is 2. The van der Waals surface area contributed by atoms with Crippen LogP contribution in [-0.4, -0.2) is 95.8 Å². The highest BCUT2D eigenvalue weighted by Gasteiger charge is 2.45. The maximum Gasteiger partial charge on any atom is 0.705 e. The quantitative estimate of drug-likeness (QED) is 0.0268. The van der Waals surface area contributed by atoms with E-state index in [4.69, 9.17) is 28.9 Å². The molecule has 0 saturated carbocycles. The van der Waals surface area contributed by atoms with Crippen LogP contribution in [0.3, 0.4) is 0 Å². The number of unbranched alkanes of at least 4 members (excludes halogenated alkanes) is 1. The summed E-state index contributed by atoms with van der Waals surface area (Å²) in [6.45, 7) is 5.11. The molecule has 21 nitrogen and oxygen atoms in total. The molecule has 0 spiro atoms. The minimum atomic E-state index is -5.48. The van der Waals surface area contributed by atoms with Gasteiger partial charge >= 0.3 is 36.7 Å². The van der Waals surface area contributed by atoms with E-state index in [1.165, 1.54) is 59.0 Å². The van der Waals surface area contributed by atoms with Crippen molar-refractivity contribution in [1.29, 1.82) is 0 Å². The van der Waals surface area contributed by atoms with Gasteiger partial charge in [-0.2, -0.15) is 4.31 Å². The average molecular weight is 862 g/mol. The topological polar surface area (TPSA) is 312 Å². The normalized spacial score (nSPS) is 19.8. The van der Waals surface area contributed by atoms with Gasteiger partial charge in [-0.1, -0.05) is 33.7 Å². The lowest BCUT2D eigenvalue weighted by Crippen LogP contribution is -2.36. The van der Waals surface area contributed by atoms with Gasteiger partial charge < -0.3 is 35.0 Å². The molecule has 6 atom stereocenters. The molecule has 1 saturated heterocycles. The van der Waals surface area contributed by atoms with E-state index >= 15 is 0 Å². The van der Waals surface area contributed by atoms with Crippen molar-refractivity contribution >= 4 is 69.9 Å². The summed E-state index contributed by atoms with van der Waals surface area (Å²) in [5.41, 5.74) is -0.586. The van der Waals surface area contributed by atoms with Crippen molar-refractivity contribution in [3.05, 3.63) is 62.4 Å². The first-order valence-corrected chi connectivity index (χ1v) is 22.4. The standard InChI is InChI=1S/C27H40BN4O17P3S2/c1-17-13-32(26(36)31-24(17)34)23-12-20(21(47-23)14-46-51(41,42)49-52(43,44)48-50(39)40)45-16-53-54-27(2,3)15-30-22(33)6-4-5-11-29-25(35)18-7-9-19(10-8-18)28(37)38/h7-10,13,20-21,23,37-38H,4-6,11-12,14-16H2,1-3H3,(H5-,29,30,31,33,34,35,36,39,40,41,42,43,44)/p+1/t20-,21-,23-/m1/s1. The van der Waals surface area contributed by atoms with Crippen molar-refractivity contribution in [3.8, 4) is 0 Å². The smallest absolute Gasteiger partial charge is 0.423 e. The molecular weight excluding hydrogens is 820 g/mol. The van der Waals surface area contributed by atoms with Crippen LogP contribution < -0.4 is 27.3 Å². The predicted molar refractivity (Wildman–Crippen MR) is 197 cm³/mol. The first kappa shape index (κ1) is 46.1. The number of phosphoric acid groups is 2. The fraction of sp³-hybridized carbons (Fsp3) is 0.556. The lowest BCUT2D eigenvalue weighted by atomic mass is 9.80. The van der Waals surface area contributed by atoms with Gasteiger partial charge in [0, 0.05) is 52.6 Å². The molecule has 3 unspecified atom stereocenters. The van der Waals surface area contributed by atoms with E-state index in [1.807, 2.05) is 13.8 Å². The molecule has 2 aromatic rings. The Kier molecular flexibility index (Phi) is 17.8. The molecular formula is C27H41BN4O17P3S2+.